The maximum atomic E-state index is 10.3. The van der Waals surface area contributed by atoms with Gasteiger partial charge in [0.05, 0.1) is 5.69 Å². The Balaban J connectivity index is 2.97. The molecule has 5 nitrogen and oxygen atoms in total. The van der Waals surface area contributed by atoms with Gasteiger partial charge in [-0.1, -0.05) is 0 Å². The second kappa shape index (κ2) is 4.29. The lowest BCUT2D eigenvalue weighted by atomic mass is 10.1. The highest BCUT2D eigenvalue weighted by Crippen LogP contribution is 2.16. The Morgan fingerprint density at radius 2 is 2.14 bits per heavy atom. The number of hydrogen-bond donors (Lipinski definition) is 4. The molecule has 0 saturated heterocycles. The second-order valence-corrected chi connectivity index (χ2v) is 2.70. The maximum Gasteiger partial charge on any atom is 0.328 e. The summed E-state index contributed by atoms with van der Waals surface area (Å²) in [5.41, 5.74) is 9.83. The topological polar surface area (TPSA) is 101 Å². The van der Waals surface area contributed by atoms with Crippen LogP contribution in [0.25, 0.3) is 6.08 Å². The van der Waals surface area contributed by atoms with Crippen LogP contribution in [0.15, 0.2) is 24.3 Å². The zero-order valence-electron chi connectivity index (χ0n) is 7.40. The first-order chi connectivity index (χ1) is 6.61. The van der Waals surface area contributed by atoms with Crippen molar-refractivity contribution in [3.8, 4) is 0 Å². The lowest BCUT2D eigenvalue weighted by molar-refractivity contribution is -0.131. The summed E-state index contributed by atoms with van der Waals surface area (Å²) >= 11 is 0. The van der Waals surface area contributed by atoms with E-state index in [1.807, 2.05) is 0 Å². The highest BCUT2D eigenvalue weighted by Gasteiger charge is 1.95. The van der Waals surface area contributed by atoms with E-state index in [1.165, 1.54) is 6.08 Å². The Morgan fingerprint density at radius 3 is 2.71 bits per heavy atom. The lowest BCUT2D eigenvalue weighted by Crippen LogP contribution is -2.07. The molecule has 0 saturated carbocycles. The van der Waals surface area contributed by atoms with Gasteiger partial charge in [0.15, 0.2) is 0 Å². The summed E-state index contributed by atoms with van der Waals surface area (Å²) in [6.07, 6.45) is 2.48. The first-order valence-corrected chi connectivity index (χ1v) is 3.90. The van der Waals surface area contributed by atoms with Crippen LogP contribution in [0.4, 0.5) is 11.4 Å². The number of hydrazine groups is 1. The van der Waals surface area contributed by atoms with Crippen molar-refractivity contribution in [1.29, 1.82) is 0 Å². The van der Waals surface area contributed by atoms with Crippen LogP contribution < -0.4 is 17.0 Å². The van der Waals surface area contributed by atoms with Gasteiger partial charge in [0.2, 0.25) is 0 Å². The van der Waals surface area contributed by atoms with Crippen LogP contribution in [-0.4, -0.2) is 11.1 Å². The smallest absolute Gasteiger partial charge is 0.328 e. The fourth-order valence-electron chi connectivity index (χ4n) is 1.02. The average Bonchev–Trinajstić information content (AvgIpc) is 2.14. The molecule has 0 bridgehead atoms. The molecule has 0 atom stereocenters. The second-order valence-electron chi connectivity index (χ2n) is 2.70. The van der Waals surface area contributed by atoms with Crippen molar-refractivity contribution in [3.63, 3.8) is 0 Å². The molecular weight excluding hydrogens is 182 g/mol. The molecular formula is C9H11N3O2. The van der Waals surface area contributed by atoms with Gasteiger partial charge in [-0.2, -0.15) is 0 Å². The largest absolute Gasteiger partial charge is 0.478 e. The van der Waals surface area contributed by atoms with Gasteiger partial charge in [0.25, 0.3) is 0 Å². The number of aliphatic carboxylic acids is 1. The molecule has 14 heavy (non-hydrogen) atoms. The standard InChI is InChI=1S/C9H11N3O2/c10-7-3-6(1-2-9(13)14)4-8(5-7)12-11/h1-5,12H,10-11H2,(H,13,14)/b2-1+. The van der Waals surface area contributed by atoms with Crippen LogP contribution in [0, 0.1) is 0 Å². The summed E-state index contributed by atoms with van der Waals surface area (Å²) in [5, 5.41) is 8.41. The van der Waals surface area contributed by atoms with E-state index < -0.39 is 5.97 Å². The van der Waals surface area contributed by atoms with Crippen molar-refractivity contribution in [2.45, 2.75) is 0 Å². The third-order valence-electron chi connectivity index (χ3n) is 1.56. The monoisotopic (exact) mass is 193 g/mol. The summed E-state index contributed by atoms with van der Waals surface area (Å²) in [4.78, 5) is 10.3. The summed E-state index contributed by atoms with van der Waals surface area (Å²) in [7, 11) is 0. The van der Waals surface area contributed by atoms with E-state index in [0.29, 0.717) is 16.9 Å². The summed E-state index contributed by atoms with van der Waals surface area (Å²) < 4.78 is 0. The lowest BCUT2D eigenvalue weighted by Gasteiger charge is -2.03. The molecule has 1 aromatic rings. The van der Waals surface area contributed by atoms with Crippen molar-refractivity contribution < 1.29 is 9.90 Å². The number of hydrogen-bond acceptors (Lipinski definition) is 4. The Kier molecular flexibility index (Phi) is 3.09. The molecule has 1 rings (SSSR count). The Labute approximate surface area is 81.0 Å². The minimum absolute atomic E-state index is 0.519. The van der Waals surface area contributed by atoms with Crippen molar-refractivity contribution >= 4 is 23.4 Å². The highest BCUT2D eigenvalue weighted by atomic mass is 16.4. The van der Waals surface area contributed by atoms with Crippen LogP contribution in [0.5, 0.6) is 0 Å². The number of carbonyl (C=O) groups is 1. The number of nitrogens with one attached hydrogen (secondary N) is 1. The minimum Gasteiger partial charge on any atom is -0.478 e. The zero-order chi connectivity index (χ0) is 10.6. The van der Waals surface area contributed by atoms with Gasteiger partial charge in [-0.15, -0.1) is 0 Å². The maximum absolute atomic E-state index is 10.3. The van der Waals surface area contributed by atoms with E-state index in [4.69, 9.17) is 16.7 Å². The van der Waals surface area contributed by atoms with Gasteiger partial charge < -0.3 is 16.3 Å². The van der Waals surface area contributed by atoms with Gasteiger partial charge in [-0.05, 0) is 29.8 Å². The Hall–Kier alpha value is -2.01. The molecule has 74 valence electrons. The molecule has 0 fully saturated rings. The SMILES string of the molecule is NNc1cc(N)cc(/C=C/C(=O)O)c1. The van der Waals surface area contributed by atoms with E-state index >= 15 is 0 Å². The van der Waals surface area contributed by atoms with Crippen molar-refractivity contribution in [3.05, 3.63) is 29.8 Å². The molecule has 0 spiro atoms. The number of carboxylic acid groups (broad SMARTS) is 1. The molecule has 0 aliphatic heterocycles. The van der Waals surface area contributed by atoms with Gasteiger partial charge in [-0.3, -0.25) is 5.84 Å². The molecule has 6 N–H and O–H groups in total. The number of nitrogens with two attached hydrogens (primary N) is 2. The third-order valence-corrected chi connectivity index (χ3v) is 1.56. The average molecular weight is 193 g/mol. The molecule has 0 radical (unpaired) electrons. The summed E-state index contributed by atoms with van der Waals surface area (Å²) in [6, 6.07) is 4.99. The van der Waals surface area contributed by atoms with Crippen molar-refractivity contribution in [2.75, 3.05) is 11.2 Å². The molecule has 0 aromatic heterocycles. The van der Waals surface area contributed by atoms with Gasteiger partial charge >= 0.3 is 5.97 Å². The van der Waals surface area contributed by atoms with Gasteiger partial charge in [0, 0.05) is 11.8 Å². The van der Waals surface area contributed by atoms with Crippen LogP contribution in [-0.2, 0) is 4.79 Å². The predicted molar refractivity (Wildman–Crippen MR) is 55.3 cm³/mol. The van der Waals surface area contributed by atoms with Crippen LogP contribution >= 0.6 is 0 Å². The van der Waals surface area contributed by atoms with Gasteiger partial charge in [0.1, 0.15) is 0 Å². The molecule has 0 amide bonds. The molecule has 5 heteroatoms. The summed E-state index contributed by atoms with van der Waals surface area (Å²) in [5.74, 6) is 4.19. The van der Waals surface area contributed by atoms with E-state index in [9.17, 15) is 4.79 Å². The number of carboxylic acids is 1. The van der Waals surface area contributed by atoms with E-state index in [2.05, 4.69) is 5.43 Å². The van der Waals surface area contributed by atoms with E-state index in [-0.39, 0.29) is 0 Å². The fourth-order valence-corrected chi connectivity index (χ4v) is 1.02. The molecule has 0 heterocycles. The molecule has 0 unspecified atom stereocenters. The van der Waals surface area contributed by atoms with E-state index in [0.717, 1.165) is 6.08 Å². The zero-order valence-corrected chi connectivity index (χ0v) is 7.40. The first kappa shape index (κ1) is 10.1. The molecule has 1 aromatic carbocycles. The number of rotatable bonds is 3. The molecule has 0 aliphatic carbocycles. The third kappa shape index (κ3) is 2.80. The predicted octanol–water partition coefficient (Wildman–Crippen LogP) is 0.652. The van der Waals surface area contributed by atoms with Crippen molar-refractivity contribution in [2.24, 2.45) is 5.84 Å². The summed E-state index contributed by atoms with van der Waals surface area (Å²) in [6.45, 7) is 0. The van der Waals surface area contributed by atoms with Crippen LogP contribution in [0.3, 0.4) is 0 Å². The van der Waals surface area contributed by atoms with Crippen LogP contribution in [0.1, 0.15) is 5.56 Å². The quantitative estimate of drug-likeness (QED) is 0.244. The van der Waals surface area contributed by atoms with Crippen LogP contribution in [0.2, 0.25) is 0 Å². The van der Waals surface area contributed by atoms with Crippen molar-refractivity contribution in [1.82, 2.24) is 0 Å². The van der Waals surface area contributed by atoms with E-state index in [1.54, 1.807) is 18.2 Å². The highest BCUT2D eigenvalue weighted by molar-refractivity contribution is 5.85. The fraction of sp³-hybridized carbons (Fsp3) is 0. The number of anilines is 2. The number of benzene rings is 1. The number of nitrogen functional groups attached to an aromatic ring is 2. The molecule has 0 aliphatic rings. The first-order valence-electron chi connectivity index (χ1n) is 3.90. The Bertz CT molecular complexity index is 374. The normalized spacial score (nSPS) is 10.4. The minimum atomic E-state index is -1.00. The Morgan fingerprint density at radius 1 is 1.43 bits per heavy atom. The van der Waals surface area contributed by atoms with Gasteiger partial charge in [-0.25, -0.2) is 4.79 Å².